The Morgan fingerprint density at radius 1 is 1.19 bits per heavy atom. The lowest BCUT2D eigenvalue weighted by atomic mass is 10.1. The van der Waals surface area contributed by atoms with Crippen molar-refractivity contribution in [1.82, 2.24) is 9.78 Å². The molecule has 158 valence electrons. The molecule has 4 aromatic rings. The van der Waals surface area contributed by atoms with Crippen LogP contribution in [-0.2, 0) is 4.74 Å². The number of esters is 1. The van der Waals surface area contributed by atoms with Crippen LogP contribution in [0.25, 0.3) is 16.1 Å². The first-order chi connectivity index (χ1) is 15.0. The minimum atomic E-state index is -0.415. The Morgan fingerprint density at radius 3 is 2.65 bits per heavy atom. The summed E-state index contributed by atoms with van der Waals surface area (Å²) in [5, 5.41) is 7.48. The number of ether oxygens (including phenoxy) is 1. The highest BCUT2D eigenvalue weighted by molar-refractivity contribution is 7.16. The van der Waals surface area contributed by atoms with Crippen molar-refractivity contribution in [1.29, 1.82) is 0 Å². The van der Waals surface area contributed by atoms with Gasteiger partial charge in [0, 0.05) is 27.7 Å². The van der Waals surface area contributed by atoms with Crippen LogP contribution >= 0.6 is 22.7 Å². The van der Waals surface area contributed by atoms with Gasteiger partial charge in [-0.15, -0.1) is 22.7 Å². The average molecular weight is 452 g/mol. The summed E-state index contributed by atoms with van der Waals surface area (Å²) in [4.78, 5) is 31.1. The zero-order valence-electron chi connectivity index (χ0n) is 17.3. The van der Waals surface area contributed by atoms with Gasteiger partial charge >= 0.3 is 5.97 Å². The van der Waals surface area contributed by atoms with E-state index in [1.54, 1.807) is 18.3 Å². The first-order valence-corrected chi connectivity index (χ1v) is 11.5. The molecule has 0 spiro atoms. The topological polar surface area (TPSA) is 76.4 Å². The Balaban J connectivity index is 1.73. The molecule has 0 aliphatic rings. The fourth-order valence-corrected chi connectivity index (χ4v) is 4.89. The summed E-state index contributed by atoms with van der Waals surface area (Å²) in [5.74, 6) is -0.415. The summed E-state index contributed by atoms with van der Waals surface area (Å²) in [6.07, 6.45) is 1.52. The van der Waals surface area contributed by atoms with E-state index in [9.17, 15) is 9.59 Å². The van der Waals surface area contributed by atoms with Crippen molar-refractivity contribution >= 4 is 39.9 Å². The van der Waals surface area contributed by atoms with Gasteiger partial charge in [0.05, 0.1) is 17.9 Å². The van der Waals surface area contributed by atoms with E-state index in [0.717, 1.165) is 21.7 Å². The van der Waals surface area contributed by atoms with Crippen LogP contribution < -0.4 is 5.56 Å². The number of aliphatic imine (C=N–C) groups is 1. The number of carbonyl (C=O) groups is 1. The van der Waals surface area contributed by atoms with Gasteiger partial charge in [-0.05, 0) is 44.4 Å². The van der Waals surface area contributed by atoms with Gasteiger partial charge in [0.2, 0.25) is 0 Å². The first-order valence-electron chi connectivity index (χ1n) is 9.74. The largest absolute Gasteiger partial charge is 0.462 e. The van der Waals surface area contributed by atoms with Crippen LogP contribution in [0.4, 0.5) is 5.00 Å². The number of H-pyrrole nitrogens is 1. The van der Waals surface area contributed by atoms with E-state index in [-0.39, 0.29) is 12.2 Å². The molecule has 8 heteroatoms. The molecule has 6 nitrogen and oxygen atoms in total. The molecule has 0 atom stereocenters. The van der Waals surface area contributed by atoms with Crippen LogP contribution in [0.5, 0.6) is 0 Å². The van der Waals surface area contributed by atoms with Gasteiger partial charge in [0.25, 0.3) is 5.56 Å². The second-order valence-electron chi connectivity index (χ2n) is 6.91. The van der Waals surface area contributed by atoms with Crippen LogP contribution in [0.1, 0.15) is 34.1 Å². The van der Waals surface area contributed by atoms with Gasteiger partial charge in [-0.25, -0.2) is 14.5 Å². The van der Waals surface area contributed by atoms with Crippen LogP contribution in [0.2, 0.25) is 0 Å². The fourth-order valence-electron chi connectivity index (χ4n) is 3.17. The van der Waals surface area contributed by atoms with E-state index in [1.807, 2.05) is 61.0 Å². The second-order valence-corrected chi connectivity index (χ2v) is 8.72. The summed E-state index contributed by atoms with van der Waals surface area (Å²) in [6, 6.07) is 11.6. The number of carbonyl (C=O) groups excluding carboxylic acids is 1. The van der Waals surface area contributed by atoms with Gasteiger partial charge in [0.15, 0.2) is 0 Å². The van der Waals surface area contributed by atoms with Crippen LogP contribution in [0.15, 0.2) is 56.9 Å². The van der Waals surface area contributed by atoms with E-state index < -0.39 is 5.97 Å². The molecule has 0 saturated carbocycles. The third kappa shape index (κ3) is 4.17. The third-order valence-corrected chi connectivity index (χ3v) is 6.55. The summed E-state index contributed by atoms with van der Waals surface area (Å²) in [6.45, 7) is 5.87. The highest BCUT2D eigenvalue weighted by Crippen LogP contribution is 2.39. The van der Waals surface area contributed by atoms with Crippen molar-refractivity contribution in [3.05, 3.63) is 79.9 Å². The number of nitrogens with one attached hydrogen (secondary N) is 1. The number of hydrogen-bond donors (Lipinski definition) is 1. The smallest absolute Gasteiger partial charge is 0.341 e. The van der Waals surface area contributed by atoms with Gasteiger partial charge in [-0.1, -0.05) is 23.8 Å². The maximum atomic E-state index is 13.0. The van der Waals surface area contributed by atoms with Crippen molar-refractivity contribution in [3.8, 4) is 16.1 Å². The molecule has 0 unspecified atom stereocenters. The van der Waals surface area contributed by atoms with Crippen LogP contribution in [0.3, 0.4) is 0 Å². The molecule has 0 amide bonds. The second kappa shape index (κ2) is 8.87. The number of hydrogen-bond acceptors (Lipinski definition) is 6. The van der Waals surface area contributed by atoms with Crippen LogP contribution in [0, 0.1) is 13.8 Å². The monoisotopic (exact) mass is 451 g/mol. The minimum Gasteiger partial charge on any atom is -0.462 e. The zero-order valence-corrected chi connectivity index (χ0v) is 19.0. The molecule has 31 heavy (non-hydrogen) atoms. The molecule has 3 aromatic heterocycles. The molecule has 0 aliphatic carbocycles. The van der Waals surface area contributed by atoms with Gasteiger partial charge in [0.1, 0.15) is 10.6 Å². The highest BCUT2D eigenvalue weighted by Gasteiger charge is 2.22. The number of rotatable bonds is 6. The predicted octanol–water partition coefficient (Wildman–Crippen LogP) is 5.50. The van der Waals surface area contributed by atoms with E-state index in [1.165, 1.54) is 22.2 Å². The van der Waals surface area contributed by atoms with E-state index in [2.05, 4.69) is 10.1 Å². The van der Waals surface area contributed by atoms with Crippen molar-refractivity contribution in [2.24, 2.45) is 4.99 Å². The highest BCUT2D eigenvalue weighted by atomic mass is 32.1. The van der Waals surface area contributed by atoms with E-state index in [4.69, 9.17) is 4.74 Å². The summed E-state index contributed by atoms with van der Waals surface area (Å²) >= 11 is 2.90. The molecule has 0 aliphatic heterocycles. The van der Waals surface area contributed by atoms with Gasteiger partial charge in [-0.3, -0.25) is 9.89 Å². The predicted molar refractivity (Wildman–Crippen MR) is 127 cm³/mol. The SMILES string of the molecule is CCOC(=O)c1c(-c2cccs2)csc1N=Cc1c(C)[nH]n(-c2ccc(C)cc2)c1=O. The van der Waals surface area contributed by atoms with Crippen molar-refractivity contribution in [3.63, 3.8) is 0 Å². The lowest BCUT2D eigenvalue weighted by molar-refractivity contribution is 0.0529. The maximum Gasteiger partial charge on any atom is 0.341 e. The lowest BCUT2D eigenvalue weighted by Crippen LogP contribution is -2.17. The Labute approximate surface area is 187 Å². The summed E-state index contributed by atoms with van der Waals surface area (Å²) in [7, 11) is 0. The molecule has 0 radical (unpaired) electrons. The Kier molecular flexibility index (Phi) is 6.01. The first kappa shape index (κ1) is 21.0. The number of thiophene rings is 2. The average Bonchev–Trinajstić information content (AvgIpc) is 3.47. The minimum absolute atomic E-state index is 0.196. The lowest BCUT2D eigenvalue weighted by Gasteiger charge is -2.03. The molecule has 1 aromatic carbocycles. The van der Waals surface area contributed by atoms with Crippen molar-refractivity contribution in [2.75, 3.05) is 6.61 Å². The number of benzene rings is 1. The van der Waals surface area contributed by atoms with E-state index in [0.29, 0.717) is 21.8 Å². The summed E-state index contributed by atoms with van der Waals surface area (Å²) < 4.78 is 6.76. The molecule has 0 fully saturated rings. The van der Waals surface area contributed by atoms with Gasteiger partial charge in [-0.2, -0.15) is 0 Å². The fraction of sp³-hybridized carbons (Fsp3) is 0.174. The van der Waals surface area contributed by atoms with Crippen molar-refractivity contribution in [2.45, 2.75) is 20.8 Å². The van der Waals surface area contributed by atoms with Gasteiger partial charge < -0.3 is 4.74 Å². The number of aromatic amines is 1. The Morgan fingerprint density at radius 2 is 1.97 bits per heavy atom. The third-order valence-electron chi connectivity index (χ3n) is 4.76. The normalized spacial score (nSPS) is 11.3. The molecular formula is C23H21N3O3S2. The molecule has 0 saturated heterocycles. The standard InChI is InChI=1S/C23H21N3O3S2/c1-4-29-23(28)20-18(19-6-5-11-30-19)13-31-21(20)24-12-17-15(3)25-26(22(17)27)16-9-7-14(2)8-10-16/h5-13,25H,4H2,1-3H3. The Hall–Kier alpha value is -3.23. The van der Waals surface area contributed by atoms with Crippen LogP contribution in [-0.4, -0.2) is 28.6 Å². The number of aryl methyl sites for hydroxylation is 2. The number of nitrogens with zero attached hydrogens (tertiary/aromatic N) is 2. The maximum absolute atomic E-state index is 13.0. The molecule has 3 heterocycles. The Bertz CT molecular complexity index is 1290. The quantitative estimate of drug-likeness (QED) is 0.311. The number of aromatic nitrogens is 2. The van der Waals surface area contributed by atoms with Crippen molar-refractivity contribution < 1.29 is 9.53 Å². The van der Waals surface area contributed by atoms with E-state index >= 15 is 0 Å². The molecule has 1 N–H and O–H groups in total. The molecular weight excluding hydrogens is 430 g/mol. The molecule has 4 rings (SSSR count). The zero-order chi connectivity index (χ0) is 22.0. The molecule has 0 bridgehead atoms. The summed E-state index contributed by atoms with van der Waals surface area (Å²) in [5.41, 5.74) is 4.04.